The molecule has 1 fully saturated rings. The number of aliphatic hydroxyl groups excluding tert-OH is 2. The number of aliphatic hydroxyl groups is 2. The second kappa shape index (κ2) is 10.7. The van der Waals surface area contributed by atoms with Gasteiger partial charge in [0.05, 0.1) is 12.6 Å². The van der Waals surface area contributed by atoms with Gasteiger partial charge in [0.25, 0.3) is 0 Å². The highest BCUT2D eigenvalue weighted by Gasteiger charge is 2.47. The summed E-state index contributed by atoms with van der Waals surface area (Å²) in [4.78, 5) is 28.9. The van der Waals surface area contributed by atoms with E-state index in [1.54, 1.807) is 0 Å². The van der Waals surface area contributed by atoms with Crippen LogP contribution in [0.4, 0.5) is 5.82 Å². The molecule has 1 saturated heterocycles. The van der Waals surface area contributed by atoms with Crippen molar-refractivity contribution in [2.24, 2.45) is 0 Å². The van der Waals surface area contributed by atoms with Gasteiger partial charge in [0.15, 0.2) is 29.1 Å². The van der Waals surface area contributed by atoms with E-state index in [0.29, 0.717) is 11.3 Å². The van der Waals surface area contributed by atoms with Crippen LogP contribution in [0.25, 0.3) is 11.2 Å². The van der Waals surface area contributed by atoms with Crippen molar-refractivity contribution in [1.29, 1.82) is 0 Å². The Hall–Kier alpha value is -2.03. The number of aryl methyl sites for hydroxylation is 1. The van der Waals surface area contributed by atoms with E-state index in [9.17, 15) is 19.3 Å². The molecule has 0 spiro atoms. The summed E-state index contributed by atoms with van der Waals surface area (Å²) in [7, 11) is -6.10. The van der Waals surface area contributed by atoms with E-state index in [0.717, 1.165) is 24.6 Å². The number of nitrogens with zero attached hydrogens (tertiary/aromatic N) is 6. The van der Waals surface area contributed by atoms with E-state index >= 15 is 0 Å². The summed E-state index contributed by atoms with van der Waals surface area (Å²) >= 11 is 6.27. The standard InChI is InChI=1S/C21H27ClN6O9P2/c1-27(13-8-7-11-5-3-4-6-12(11)13)18-15-19(24-21(22)23-18)28(26-25-15)20-17(30)16(29)14(37-20)9-36-39(34,35-2)10-38(31,32)33/h3-6,13-14,16-17,20,29-30H,7-10H2,1-2H3,(H2,31,32,33)/t13-,14?,16+,17+,20+,39?/m0/s1. The predicted octanol–water partition coefficient (Wildman–Crippen LogP) is 1.61. The van der Waals surface area contributed by atoms with Gasteiger partial charge in [-0.3, -0.25) is 9.13 Å². The zero-order valence-electron chi connectivity index (χ0n) is 20.8. The molecule has 4 N–H and O–H groups in total. The van der Waals surface area contributed by atoms with Crippen LogP contribution in [-0.2, 0) is 29.3 Å². The number of benzene rings is 1. The normalized spacial score (nSPS) is 26.6. The second-order valence-corrected chi connectivity index (χ2v) is 14.0. The molecule has 15 nitrogen and oxygen atoms in total. The topological polar surface area (TPSA) is 202 Å². The summed E-state index contributed by atoms with van der Waals surface area (Å²) in [5, 5.41) is 29.5. The first-order valence-corrected chi connectivity index (χ1v) is 15.8. The third kappa shape index (κ3) is 5.62. The summed E-state index contributed by atoms with van der Waals surface area (Å²) in [6.45, 7) is -0.600. The van der Waals surface area contributed by atoms with Crippen molar-refractivity contribution >= 4 is 43.8 Å². The largest absolute Gasteiger partial charge is 0.387 e. The van der Waals surface area contributed by atoms with Crippen molar-refractivity contribution in [2.45, 2.75) is 43.4 Å². The van der Waals surface area contributed by atoms with Crippen molar-refractivity contribution < 1.29 is 42.9 Å². The van der Waals surface area contributed by atoms with E-state index in [2.05, 4.69) is 36.9 Å². The monoisotopic (exact) mass is 604 g/mol. The molecule has 1 aliphatic carbocycles. The maximum atomic E-state index is 12.6. The SMILES string of the molecule is COP(=O)(CP(=O)(O)O)OCC1O[C@@H](n2nnc3c(N(C)[C@H]4CCc5ccccc54)nc(Cl)nc32)[C@H](O)[C@@H]1O. The van der Waals surface area contributed by atoms with Crippen LogP contribution in [0.1, 0.15) is 29.8 Å². The first kappa shape index (κ1) is 28.5. The summed E-state index contributed by atoms with van der Waals surface area (Å²) in [6.07, 6.45) is -3.85. The Morgan fingerprint density at radius 1 is 1.21 bits per heavy atom. The van der Waals surface area contributed by atoms with Gasteiger partial charge in [0.2, 0.25) is 5.28 Å². The highest BCUT2D eigenvalue weighted by Crippen LogP contribution is 2.58. The molecule has 0 amide bonds. The number of fused-ring (bicyclic) bond motifs is 2. The van der Waals surface area contributed by atoms with Crippen LogP contribution < -0.4 is 4.90 Å². The lowest BCUT2D eigenvalue weighted by Crippen LogP contribution is -2.34. The molecule has 0 saturated carbocycles. The van der Waals surface area contributed by atoms with E-state index in [1.165, 1.54) is 11.1 Å². The summed E-state index contributed by atoms with van der Waals surface area (Å²) < 4.78 is 40.5. The van der Waals surface area contributed by atoms with Crippen LogP contribution in [0.15, 0.2) is 24.3 Å². The Bertz CT molecular complexity index is 1470. The number of hydrogen-bond acceptors (Lipinski definition) is 12. The van der Waals surface area contributed by atoms with E-state index in [1.807, 2.05) is 24.1 Å². The zero-order valence-corrected chi connectivity index (χ0v) is 23.4. The van der Waals surface area contributed by atoms with Crippen molar-refractivity contribution in [2.75, 3.05) is 31.6 Å². The molecule has 0 radical (unpaired) electrons. The van der Waals surface area contributed by atoms with Crippen molar-refractivity contribution in [1.82, 2.24) is 25.0 Å². The predicted molar refractivity (Wildman–Crippen MR) is 137 cm³/mol. The van der Waals surface area contributed by atoms with Gasteiger partial charge in [-0.2, -0.15) is 14.6 Å². The number of hydrogen-bond donors (Lipinski definition) is 4. The van der Waals surface area contributed by atoms with Crippen molar-refractivity contribution in [3.8, 4) is 0 Å². The minimum atomic E-state index is -4.73. The molecule has 18 heteroatoms. The van der Waals surface area contributed by atoms with Gasteiger partial charge < -0.3 is 38.7 Å². The van der Waals surface area contributed by atoms with Gasteiger partial charge in [-0.25, -0.2) is 0 Å². The van der Waals surface area contributed by atoms with Crippen LogP contribution in [0, 0.1) is 0 Å². The Morgan fingerprint density at radius 3 is 2.67 bits per heavy atom. The Morgan fingerprint density at radius 2 is 1.95 bits per heavy atom. The number of halogens is 1. The molecule has 2 aromatic heterocycles. The fourth-order valence-electron chi connectivity index (χ4n) is 4.92. The van der Waals surface area contributed by atoms with Crippen molar-refractivity contribution in [3.05, 3.63) is 40.7 Å². The molecule has 39 heavy (non-hydrogen) atoms. The van der Waals surface area contributed by atoms with Gasteiger partial charge in [-0.1, -0.05) is 29.5 Å². The summed E-state index contributed by atoms with van der Waals surface area (Å²) in [6, 6.07) is 8.14. The van der Waals surface area contributed by atoms with Gasteiger partial charge >= 0.3 is 15.2 Å². The molecule has 3 aromatic rings. The lowest BCUT2D eigenvalue weighted by atomic mass is 10.1. The van der Waals surface area contributed by atoms with Gasteiger partial charge in [0.1, 0.15) is 18.3 Å². The summed E-state index contributed by atoms with van der Waals surface area (Å²) in [5.41, 5.74) is 2.85. The first-order valence-electron chi connectivity index (χ1n) is 11.9. The highest BCUT2D eigenvalue weighted by molar-refractivity contribution is 7.70. The number of anilines is 1. The average Bonchev–Trinajstić information content (AvgIpc) is 3.57. The molecule has 1 aliphatic heterocycles. The van der Waals surface area contributed by atoms with Crippen LogP contribution >= 0.6 is 26.8 Å². The molecule has 3 heterocycles. The summed E-state index contributed by atoms with van der Waals surface area (Å²) in [5.74, 6) is -0.736. The molecule has 2 unspecified atom stereocenters. The minimum absolute atomic E-state index is 0.0156. The molecular formula is C21H27ClN6O9P2. The molecule has 5 rings (SSSR count). The molecule has 1 aromatic carbocycles. The smallest absolute Gasteiger partial charge is 0.342 e. The number of rotatable bonds is 9. The van der Waals surface area contributed by atoms with E-state index < -0.39 is 52.2 Å². The Kier molecular flexibility index (Phi) is 7.85. The Balaban J connectivity index is 1.40. The minimum Gasteiger partial charge on any atom is -0.387 e. The third-order valence-corrected chi connectivity index (χ3v) is 11.0. The Labute approximate surface area is 227 Å². The van der Waals surface area contributed by atoms with Crippen LogP contribution in [0.2, 0.25) is 5.28 Å². The fraction of sp³-hybridized carbons (Fsp3) is 0.524. The molecular weight excluding hydrogens is 578 g/mol. The molecule has 212 valence electrons. The van der Waals surface area contributed by atoms with Crippen molar-refractivity contribution in [3.63, 3.8) is 0 Å². The quantitative estimate of drug-likeness (QED) is 0.202. The number of ether oxygens (including phenoxy) is 1. The maximum Gasteiger partial charge on any atom is 0.342 e. The van der Waals surface area contributed by atoms with Gasteiger partial charge in [0, 0.05) is 14.2 Å². The van der Waals surface area contributed by atoms with Crippen LogP contribution in [0.5, 0.6) is 0 Å². The lowest BCUT2D eigenvalue weighted by Gasteiger charge is -2.26. The second-order valence-electron chi connectivity index (χ2n) is 9.33. The molecule has 6 atom stereocenters. The fourth-order valence-corrected chi connectivity index (χ4v) is 8.16. The molecule has 0 bridgehead atoms. The first-order chi connectivity index (χ1) is 18.4. The third-order valence-electron chi connectivity index (χ3n) is 6.83. The van der Waals surface area contributed by atoms with Gasteiger partial charge in [-0.15, -0.1) is 5.10 Å². The van der Waals surface area contributed by atoms with E-state index in [-0.39, 0.29) is 17.0 Å². The highest BCUT2D eigenvalue weighted by atomic mass is 35.5. The number of aromatic nitrogens is 5. The zero-order chi connectivity index (χ0) is 28.1. The lowest BCUT2D eigenvalue weighted by molar-refractivity contribution is -0.0552. The molecule has 2 aliphatic rings. The van der Waals surface area contributed by atoms with Gasteiger partial charge in [-0.05, 0) is 35.6 Å². The van der Waals surface area contributed by atoms with E-state index in [4.69, 9.17) is 30.6 Å². The van der Waals surface area contributed by atoms with Crippen LogP contribution in [-0.4, -0.2) is 89.9 Å². The van der Waals surface area contributed by atoms with Crippen LogP contribution in [0.3, 0.4) is 0 Å². The maximum absolute atomic E-state index is 12.6. The average molecular weight is 605 g/mol.